The second-order valence-electron chi connectivity index (χ2n) is 15.4. The fraction of sp³-hybridized carbons (Fsp3) is 0.390. The zero-order valence-electron chi connectivity index (χ0n) is 31.4. The Morgan fingerprint density at radius 2 is 1.48 bits per heavy atom. The van der Waals surface area contributed by atoms with E-state index in [0.717, 1.165) is 16.7 Å². The minimum Gasteiger partial charge on any atom is -0.458 e. The SMILES string of the molecule is Cc1ccc(-c2nc(CNC(C(=O)OC(C)(C)C)C(=O)OC(C)(C)C)cn2[C@@H](c2nc3cc(Cl)ccc3c(=O)n2Cc2ccccc2)C(C)C)cc1. The molecule has 1 N–H and O–H groups in total. The number of halogens is 1. The van der Waals surface area contributed by atoms with Gasteiger partial charge in [0.05, 0.1) is 29.2 Å². The molecule has 0 saturated heterocycles. The normalized spacial score (nSPS) is 12.8. The summed E-state index contributed by atoms with van der Waals surface area (Å²) in [7, 11) is 0. The van der Waals surface area contributed by atoms with Gasteiger partial charge in [-0.2, -0.15) is 0 Å². The number of carbonyl (C=O) groups excluding carboxylic acids is 2. The van der Waals surface area contributed by atoms with Crippen LogP contribution >= 0.6 is 11.6 Å². The zero-order valence-corrected chi connectivity index (χ0v) is 32.1. The molecule has 1 atom stereocenters. The summed E-state index contributed by atoms with van der Waals surface area (Å²) >= 11 is 6.41. The Balaban J connectivity index is 1.65. The number of rotatable bonds is 11. The van der Waals surface area contributed by atoms with Gasteiger partial charge in [-0.1, -0.05) is 85.6 Å². The van der Waals surface area contributed by atoms with Gasteiger partial charge in [0, 0.05) is 23.3 Å². The van der Waals surface area contributed by atoms with Gasteiger partial charge >= 0.3 is 11.9 Å². The molecule has 0 unspecified atom stereocenters. The third-order valence-corrected chi connectivity index (χ3v) is 8.43. The van der Waals surface area contributed by atoms with Crippen LogP contribution in [0, 0.1) is 12.8 Å². The first kappa shape index (κ1) is 38.4. The maximum atomic E-state index is 14.3. The van der Waals surface area contributed by atoms with Gasteiger partial charge in [-0.3, -0.25) is 14.7 Å². The molecule has 274 valence electrons. The van der Waals surface area contributed by atoms with Crippen molar-refractivity contribution in [3.05, 3.63) is 117 Å². The number of nitrogens with zero attached hydrogens (tertiary/aromatic N) is 4. The standard InChI is InChI=1S/C41H48ClN5O5/c1-25(2)34(36-45-32-21-29(42)19-20-31(32)37(48)47(36)23-27-13-11-10-12-14-27)46-24-30(44-35(46)28-17-15-26(3)16-18-28)22-43-33(38(49)51-40(4,5)6)39(50)52-41(7,8)9/h10-21,24-25,33-34,43H,22-23H2,1-9H3/t34-/m1/s1. The average Bonchev–Trinajstić information content (AvgIpc) is 3.45. The smallest absolute Gasteiger partial charge is 0.335 e. The predicted octanol–water partition coefficient (Wildman–Crippen LogP) is 7.66. The van der Waals surface area contributed by atoms with E-state index >= 15 is 0 Å². The summed E-state index contributed by atoms with van der Waals surface area (Å²) in [5.41, 5.74) is 2.12. The third kappa shape index (κ3) is 9.35. The highest BCUT2D eigenvalue weighted by Gasteiger charge is 2.35. The second kappa shape index (κ2) is 15.4. The lowest BCUT2D eigenvalue weighted by Gasteiger charge is -2.27. The molecule has 0 fully saturated rings. The molecule has 2 heterocycles. The number of aromatic nitrogens is 4. The molecule has 0 saturated carbocycles. The lowest BCUT2D eigenvalue weighted by atomic mass is 10.0. The van der Waals surface area contributed by atoms with E-state index in [2.05, 4.69) is 19.2 Å². The number of hydrogen-bond acceptors (Lipinski definition) is 8. The minimum atomic E-state index is -1.39. The largest absolute Gasteiger partial charge is 0.458 e. The number of carbonyl (C=O) groups is 2. The monoisotopic (exact) mass is 725 g/mol. The van der Waals surface area contributed by atoms with Gasteiger partial charge in [0.1, 0.15) is 22.9 Å². The van der Waals surface area contributed by atoms with Gasteiger partial charge in [-0.15, -0.1) is 0 Å². The fourth-order valence-electron chi connectivity index (χ4n) is 5.95. The van der Waals surface area contributed by atoms with E-state index in [4.69, 9.17) is 31.0 Å². The van der Waals surface area contributed by atoms with Crippen molar-refractivity contribution in [3.8, 4) is 11.4 Å². The molecule has 2 aromatic heterocycles. The molecule has 0 aliphatic rings. The van der Waals surface area contributed by atoms with Crippen molar-refractivity contribution in [1.29, 1.82) is 0 Å². The Labute approximate surface area is 310 Å². The van der Waals surface area contributed by atoms with Gasteiger partial charge in [0.25, 0.3) is 5.56 Å². The van der Waals surface area contributed by atoms with E-state index < -0.39 is 35.2 Å². The van der Waals surface area contributed by atoms with Crippen LogP contribution < -0.4 is 10.9 Å². The number of imidazole rings is 1. The molecular weight excluding hydrogens is 678 g/mol. The Bertz CT molecular complexity index is 2080. The number of nitrogens with one attached hydrogen (secondary N) is 1. The third-order valence-electron chi connectivity index (χ3n) is 8.19. The highest BCUT2D eigenvalue weighted by molar-refractivity contribution is 6.31. The summed E-state index contributed by atoms with van der Waals surface area (Å²) in [6.07, 6.45) is 1.88. The molecule has 10 nitrogen and oxygen atoms in total. The molecule has 0 aliphatic heterocycles. The van der Waals surface area contributed by atoms with Gasteiger partial charge in [0.2, 0.25) is 6.04 Å². The first-order valence-electron chi connectivity index (χ1n) is 17.5. The molecule has 3 aromatic carbocycles. The maximum Gasteiger partial charge on any atom is 0.335 e. The quantitative estimate of drug-likeness (QED) is 0.109. The van der Waals surface area contributed by atoms with Crippen LogP contribution in [0.1, 0.15) is 84.1 Å². The fourth-order valence-corrected chi connectivity index (χ4v) is 6.11. The van der Waals surface area contributed by atoms with Crippen molar-refractivity contribution in [2.75, 3.05) is 0 Å². The number of fused-ring (bicyclic) bond motifs is 1. The number of aryl methyl sites for hydroxylation is 1. The molecular formula is C41H48ClN5O5. The van der Waals surface area contributed by atoms with Crippen molar-refractivity contribution >= 4 is 34.4 Å². The summed E-state index contributed by atoms with van der Waals surface area (Å²) in [6, 6.07) is 21.1. The molecule has 5 rings (SSSR count). The number of ether oxygens (including phenoxy) is 2. The molecule has 52 heavy (non-hydrogen) atoms. The number of esters is 2. The highest BCUT2D eigenvalue weighted by Crippen LogP contribution is 2.33. The van der Waals surface area contributed by atoms with Gasteiger partial charge in [0.15, 0.2) is 0 Å². The van der Waals surface area contributed by atoms with Gasteiger partial charge in [-0.05, 0) is 78.1 Å². The Kier molecular flexibility index (Phi) is 11.4. The molecule has 0 spiro atoms. The molecule has 0 bridgehead atoms. The minimum absolute atomic E-state index is 0.0391. The lowest BCUT2D eigenvalue weighted by molar-refractivity contribution is -0.170. The van der Waals surface area contributed by atoms with Gasteiger partial charge < -0.3 is 14.0 Å². The zero-order chi connectivity index (χ0) is 38.0. The van der Waals surface area contributed by atoms with Crippen LogP contribution in [0.2, 0.25) is 5.02 Å². The number of hydrogen-bond donors (Lipinski definition) is 1. The van der Waals surface area contributed by atoms with Crippen LogP contribution in [-0.4, -0.2) is 48.3 Å². The van der Waals surface area contributed by atoms with Crippen molar-refractivity contribution in [2.24, 2.45) is 5.92 Å². The summed E-state index contributed by atoms with van der Waals surface area (Å²) in [6.45, 7) is 17.0. The summed E-state index contributed by atoms with van der Waals surface area (Å²) in [4.78, 5) is 51.1. The van der Waals surface area contributed by atoms with E-state index in [0.29, 0.717) is 39.8 Å². The first-order valence-corrected chi connectivity index (χ1v) is 17.9. The van der Waals surface area contributed by atoms with E-state index in [1.165, 1.54) is 0 Å². The van der Waals surface area contributed by atoms with Crippen molar-refractivity contribution in [3.63, 3.8) is 0 Å². The number of benzene rings is 3. The van der Waals surface area contributed by atoms with Crippen LogP contribution in [0.5, 0.6) is 0 Å². The summed E-state index contributed by atoms with van der Waals surface area (Å²) < 4.78 is 15.0. The lowest BCUT2D eigenvalue weighted by Crippen LogP contribution is -2.48. The molecule has 5 aromatic rings. The van der Waals surface area contributed by atoms with Crippen molar-refractivity contribution in [1.82, 2.24) is 24.4 Å². The van der Waals surface area contributed by atoms with E-state index in [9.17, 15) is 14.4 Å². The van der Waals surface area contributed by atoms with Crippen LogP contribution in [0.3, 0.4) is 0 Å². The van der Waals surface area contributed by atoms with E-state index in [1.807, 2.05) is 72.3 Å². The molecule has 0 amide bonds. The van der Waals surface area contributed by atoms with Gasteiger partial charge in [-0.25, -0.2) is 19.6 Å². The second-order valence-corrected chi connectivity index (χ2v) is 15.8. The van der Waals surface area contributed by atoms with Crippen LogP contribution in [0.25, 0.3) is 22.3 Å². The molecule has 0 radical (unpaired) electrons. The molecule has 0 aliphatic carbocycles. The Hall–Kier alpha value is -4.80. The maximum absolute atomic E-state index is 14.3. The first-order chi connectivity index (χ1) is 24.4. The Morgan fingerprint density at radius 3 is 2.06 bits per heavy atom. The van der Waals surface area contributed by atoms with Crippen molar-refractivity contribution in [2.45, 2.75) is 98.7 Å². The van der Waals surface area contributed by atoms with E-state index in [1.54, 1.807) is 64.3 Å². The highest BCUT2D eigenvalue weighted by atomic mass is 35.5. The Morgan fingerprint density at radius 1 is 0.865 bits per heavy atom. The topological polar surface area (TPSA) is 117 Å². The van der Waals surface area contributed by atoms with E-state index in [-0.39, 0.29) is 18.0 Å². The van der Waals surface area contributed by atoms with Crippen LogP contribution in [0.4, 0.5) is 0 Å². The van der Waals surface area contributed by atoms with Crippen LogP contribution in [0.15, 0.2) is 83.8 Å². The van der Waals surface area contributed by atoms with Crippen LogP contribution in [-0.2, 0) is 32.2 Å². The summed E-state index contributed by atoms with van der Waals surface area (Å²) in [5.74, 6) is -0.383. The average molecular weight is 726 g/mol. The van der Waals surface area contributed by atoms with Crippen molar-refractivity contribution < 1.29 is 19.1 Å². The molecule has 11 heteroatoms. The summed E-state index contributed by atoms with van der Waals surface area (Å²) in [5, 5.41) is 4.01. The predicted molar refractivity (Wildman–Crippen MR) is 204 cm³/mol.